The first kappa shape index (κ1) is 18.5. The second-order valence-corrected chi connectivity index (χ2v) is 5.99. The van der Waals surface area contributed by atoms with Crippen LogP contribution in [0.25, 0.3) is 0 Å². The van der Waals surface area contributed by atoms with Gasteiger partial charge in [0.25, 0.3) is 5.91 Å². The Bertz CT molecular complexity index is 756. The summed E-state index contributed by atoms with van der Waals surface area (Å²) in [5, 5.41) is 4.10. The number of hydrazone groups is 1. The fraction of sp³-hybridized carbons (Fsp3) is 0.300. The molecule has 2 aromatic rings. The van der Waals surface area contributed by atoms with E-state index in [0.717, 1.165) is 23.3 Å². The second-order valence-electron chi connectivity index (χ2n) is 5.99. The number of amides is 1. The van der Waals surface area contributed by atoms with Crippen LogP contribution in [0.1, 0.15) is 44.2 Å². The predicted octanol–water partition coefficient (Wildman–Crippen LogP) is 3.70. The number of para-hydroxylation sites is 1. The molecule has 0 aliphatic carbocycles. The minimum absolute atomic E-state index is 0.0822. The van der Waals surface area contributed by atoms with Gasteiger partial charge in [-0.3, -0.25) is 4.79 Å². The van der Waals surface area contributed by atoms with Crippen molar-refractivity contribution < 1.29 is 9.53 Å². The third-order valence-corrected chi connectivity index (χ3v) is 4.07. The number of rotatable bonds is 7. The fourth-order valence-corrected chi connectivity index (χ4v) is 2.39. The number of nitrogens with one attached hydrogen (secondary N) is 1. The first-order valence-electron chi connectivity index (χ1n) is 8.42. The Morgan fingerprint density at radius 3 is 2.72 bits per heavy atom. The first-order valence-corrected chi connectivity index (χ1v) is 8.42. The Hall–Kier alpha value is -2.82. The smallest absolute Gasteiger partial charge is 0.277 e. The number of ether oxygens (including phenoxy) is 1. The van der Waals surface area contributed by atoms with E-state index in [1.807, 2.05) is 49.4 Å². The van der Waals surface area contributed by atoms with Gasteiger partial charge in [-0.15, -0.1) is 0 Å². The van der Waals surface area contributed by atoms with Gasteiger partial charge in [-0.25, -0.2) is 5.43 Å². The molecule has 0 aliphatic rings. The van der Waals surface area contributed by atoms with Gasteiger partial charge in [0.15, 0.2) is 6.61 Å². The standard InChI is InChI=1S/C20H25N3O2/c1-4-14(2)18-10-5-6-11-19(18)25-13-20(24)23-22-15(3)16-8-7-9-17(21)12-16/h5-12,14H,4,13,21H2,1-3H3,(H,23,24). The van der Waals surface area contributed by atoms with Crippen LogP contribution in [-0.4, -0.2) is 18.2 Å². The molecule has 5 nitrogen and oxygen atoms in total. The quantitative estimate of drug-likeness (QED) is 0.459. The summed E-state index contributed by atoms with van der Waals surface area (Å²) in [6, 6.07) is 15.1. The summed E-state index contributed by atoms with van der Waals surface area (Å²) in [5.41, 5.74) is 11.6. The van der Waals surface area contributed by atoms with Gasteiger partial charge >= 0.3 is 0 Å². The van der Waals surface area contributed by atoms with Gasteiger partial charge in [-0.2, -0.15) is 5.10 Å². The Kier molecular flexibility index (Phi) is 6.57. The molecular weight excluding hydrogens is 314 g/mol. The highest BCUT2D eigenvalue weighted by Crippen LogP contribution is 2.28. The monoisotopic (exact) mass is 339 g/mol. The number of anilines is 1. The molecule has 2 aromatic carbocycles. The highest BCUT2D eigenvalue weighted by Gasteiger charge is 2.11. The number of carbonyl (C=O) groups excluding carboxylic acids is 1. The van der Waals surface area contributed by atoms with Crippen molar-refractivity contribution in [2.24, 2.45) is 5.10 Å². The van der Waals surface area contributed by atoms with Crippen LogP contribution in [0.4, 0.5) is 5.69 Å². The van der Waals surface area contributed by atoms with E-state index in [1.54, 1.807) is 6.07 Å². The molecule has 5 heteroatoms. The number of carbonyl (C=O) groups is 1. The van der Waals surface area contributed by atoms with Gasteiger partial charge in [-0.1, -0.05) is 44.2 Å². The lowest BCUT2D eigenvalue weighted by atomic mass is 9.98. The van der Waals surface area contributed by atoms with Gasteiger partial charge in [-0.05, 0) is 48.6 Å². The molecule has 0 saturated carbocycles. The van der Waals surface area contributed by atoms with E-state index < -0.39 is 0 Å². The summed E-state index contributed by atoms with van der Waals surface area (Å²) in [7, 11) is 0. The number of hydrogen-bond acceptors (Lipinski definition) is 4. The van der Waals surface area contributed by atoms with E-state index in [0.29, 0.717) is 17.3 Å². The van der Waals surface area contributed by atoms with Crippen LogP contribution >= 0.6 is 0 Å². The lowest BCUT2D eigenvalue weighted by molar-refractivity contribution is -0.123. The number of benzene rings is 2. The zero-order valence-corrected chi connectivity index (χ0v) is 15.0. The lowest BCUT2D eigenvalue weighted by Gasteiger charge is -2.15. The van der Waals surface area contributed by atoms with Gasteiger partial charge < -0.3 is 10.5 Å². The second kappa shape index (κ2) is 8.87. The molecule has 0 aliphatic heterocycles. The lowest BCUT2D eigenvalue weighted by Crippen LogP contribution is -2.26. The maximum absolute atomic E-state index is 12.0. The van der Waals surface area contributed by atoms with Gasteiger partial charge in [0.2, 0.25) is 0 Å². The molecule has 132 valence electrons. The van der Waals surface area contributed by atoms with Crippen molar-refractivity contribution in [3.8, 4) is 5.75 Å². The molecule has 0 radical (unpaired) electrons. The largest absolute Gasteiger partial charge is 0.483 e. The zero-order valence-electron chi connectivity index (χ0n) is 15.0. The van der Waals surface area contributed by atoms with Gasteiger partial charge in [0.1, 0.15) is 5.75 Å². The highest BCUT2D eigenvalue weighted by molar-refractivity contribution is 5.99. The summed E-state index contributed by atoms with van der Waals surface area (Å²) >= 11 is 0. The third kappa shape index (κ3) is 5.35. The fourth-order valence-electron chi connectivity index (χ4n) is 2.39. The van der Waals surface area contributed by atoms with Crippen molar-refractivity contribution >= 4 is 17.3 Å². The zero-order chi connectivity index (χ0) is 18.2. The molecule has 0 spiro atoms. The predicted molar refractivity (Wildman–Crippen MR) is 102 cm³/mol. The van der Waals surface area contributed by atoms with Crippen molar-refractivity contribution in [2.45, 2.75) is 33.1 Å². The summed E-state index contributed by atoms with van der Waals surface area (Å²) in [6.07, 6.45) is 1.01. The maximum Gasteiger partial charge on any atom is 0.277 e. The van der Waals surface area contributed by atoms with Crippen LogP contribution in [-0.2, 0) is 4.79 Å². The molecule has 1 atom stereocenters. The van der Waals surface area contributed by atoms with Crippen LogP contribution in [0.2, 0.25) is 0 Å². The Balaban J connectivity index is 1.94. The summed E-state index contributed by atoms with van der Waals surface area (Å²) < 4.78 is 5.68. The summed E-state index contributed by atoms with van der Waals surface area (Å²) in [6.45, 7) is 6.00. The highest BCUT2D eigenvalue weighted by atomic mass is 16.5. The van der Waals surface area contributed by atoms with Crippen LogP contribution in [0.15, 0.2) is 53.6 Å². The summed E-state index contributed by atoms with van der Waals surface area (Å²) in [5.74, 6) is 0.814. The molecule has 2 rings (SSSR count). The topological polar surface area (TPSA) is 76.7 Å². The Labute approximate surface area is 148 Å². The Morgan fingerprint density at radius 2 is 2.00 bits per heavy atom. The molecule has 25 heavy (non-hydrogen) atoms. The van der Waals surface area contributed by atoms with Crippen molar-refractivity contribution in [3.05, 3.63) is 59.7 Å². The van der Waals surface area contributed by atoms with E-state index in [1.165, 1.54) is 0 Å². The van der Waals surface area contributed by atoms with Crippen molar-refractivity contribution in [1.82, 2.24) is 5.43 Å². The average molecular weight is 339 g/mol. The van der Waals surface area contributed by atoms with Crippen molar-refractivity contribution in [1.29, 1.82) is 0 Å². The maximum atomic E-state index is 12.0. The SMILES string of the molecule is CCC(C)c1ccccc1OCC(=O)NN=C(C)c1cccc(N)c1. The van der Waals surface area contributed by atoms with Crippen LogP contribution in [0.3, 0.4) is 0 Å². The molecule has 1 unspecified atom stereocenters. The van der Waals surface area contributed by atoms with E-state index in [2.05, 4.69) is 24.4 Å². The molecule has 1 amide bonds. The molecule has 0 aromatic heterocycles. The number of hydrogen-bond donors (Lipinski definition) is 2. The van der Waals surface area contributed by atoms with E-state index in [4.69, 9.17) is 10.5 Å². The summed E-state index contributed by atoms with van der Waals surface area (Å²) in [4.78, 5) is 12.0. The average Bonchev–Trinajstić information content (AvgIpc) is 2.64. The van der Waals surface area contributed by atoms with Crippen molar-refractivity contribution in [2.75, 3.05) is 12.3 Å². The number of nitrogens with zero attached hydrogens (tertiary/aromatic N) is 1. The first-order chi connectivity index (χ1) is 12.0. The minimum atomic E-state index is -0.304. The molecule has 0 fully saturated rings. The molecule has 0 heterocycles. The van der Waals surface area contributed by atoms with E-state index in [9.17, 15) is 4.79 Å². The van der Waals surface area contributed by atoms with Crippen LogP contribution in [0.5, 0.6) is 5.75 Å². The van der Waals surface area contributed by atoms with Gasteiger partial charge in [0.05, 0.1) is 5.71 Å². The number of nitrogens with two attached hydrogens (primary N) is 1. The van der Waals surface area contributed by atoms with Crippen LogP contribution < -0.4 is 15.9 Å². The van der Waals surface area contributed by atoms with E-state index >= 15 is 0 Å². The minimum Gasteiger partial charge on any atom is -0.483 e. The molecule has 0 saturated heterocycles. The number of nitrogen functional groups attached to an aromatic ring is 1. The Morgan fingerprint density at radius 1 is 1.24 bits per heavy atom. The van der Waals surface area contributed by atoms with Gasteiger partial charge in [0, 0.05) is 5.69 Å². The molecular formula is C20H25N3O2. The van der Waals surface area contributed by atoms with Crippen molar-refractivity contribution in [3.63, 3.8) is 0 Å². The normalized spacial score (nSPS) is 12.5. The van der Waals surface area contributed by atoms with E-state index in [-0.39, 0.29) is 12.5 Å². The van der Waals surface area contributed by atoms with Crippen LogP contribution in [0, 0.1) is 0 Å². The molecule has 3 N–H and O–H groups in total. The third-order valence-electron chi connectivity index (χ3n) is 4.07. The molecule has 0 bridgehead atoms.